The number of halogens is 1. The number of sulfonamides is 1. The summed E-state index contributed by atoms with van der Waals surface area (Å²) in [4.78, 5) is 15.1. The van der Waals surface area contributed by atoms with Gasteiger partial charge in [-0.3, -0.25) is 4.79 Å². The van der Waals surface area contributed by atoms with Gasteiger partial charge in [-0.15, -0.1) is 0 Å². The number of piperidine rings is 1. The maximum Gasteiger partial charge on any atom is 0.240 e. The molecule has 0 saturated carbocycles. The zero-order valence-corrected chi connectivity index (χ0v) is 19.8. The van der Waals surface area contributed by atoms with Gasteiger partial charge in [-0.05, 0) is 68.7 Å². The molecule has 174 valence electrons. The van der Waals surface area contributed by atoms with Gasteiger partial charge in [0.1, 0.15) is 0 Å². The Kier molecular flexibility index (Phi) is 8.92. The van der Waals surface area contributed by atoms with Gasteiger partial charge in [0, 0.05) is 55.2 Å². The van der Waals surface area contributed by atoms with Crippen LogP contribution in [0.4, 0.5) is 11.4 Å². The summed E-state index contributed by atoms with van der Waals surface area (Å²) in [5, 5.41) is 3.61. The Morgan fingerprint density at radius 3 is 2.53 bits per heavy atom. The van der Waals surface area contributed by atoms with Crippen LogP contribution >= 0.6 is 11.6 Å². The normalized spacial score (nSPS) is 15.0. The molecule has 2 aromatic carbocycles. The van der Waals surface area contributed by atoms with E-state index in [0.29, 0.717) is 36.9 Å². The van der Waals surface area contributed by atoms with Crippen LogP contribution in [0.5, 0.6) is 0 Å². The molecule has 1 aliphatic rings. The Bertz CT molecular complexity index is 991. The smallest absolute Gasteiger partial charge is 0.240 e. The van der Waals surface area contributed by atoms with E-state index in [1.165, 1.54) is 12.1 Å². The molecule has 7 nitrogen and oxygen atoms in total. The molecular formula is C23H30ClN3O4S. The number of carbonyl (C=O) groups is 1. The molecule has 1 heterocycles. The van der Waals surface area contributed by atoms with E-state index in [0.717, 1.165) is 31.6 Å². The van der Waals surface area contributed by atoms with Crippen LogP contribution in [0, 0.1) is 5.92 Å². The lowest BCUT2D eigenvalue weighted by atomic mass is 9.95. The van der Waals surface area contributed by atoms with Gasteiger partial charge in [-0.2, -0.15) is 0 Å². The van der Waals surface area contributed by atoms with Crippen molar-refractivity contribution in [2.75, 3.05) is 43.1 Å². The number of ether oxygens (including phenoxy) is 1. The van der Waals surface area contributed by atoms with Gasteiger partial charge in [-0.1, -0.05) is 17.7 Å². The molecule has 0 bridgehead atoms. The molecule has 2 aromatic rings. The van der Waals surface area contributed by atoms with Crippen LogP contribution < -0.4 is 14.9 Å². The number of rotatable bonds is 10. The Labute approximate surface area is 195 Å². The molecule has 1 aliphatic heterocycles. The lowest BCUT2D eigenvalue weighted by Gasteiger charge is -2.33. The number of amides is 1. The summed E-state index contributed by atoms with van der Waals surface area (Å²) in [5.41, 5.74) is 1.65. The first-order valence-electron chi connectivity index (χ1n) is 10.9. The van der Waals surface area contributed by atoms with Gasteiger partial charge < -0.3 is 15.0 Å². The van der Waals surface area contributed by atoms with Crippen molar-refractivity contribution in [3.8, 4) is 0 Å². The van der Waals surface area contributed by atoms with Crippen LogP contribution in [0.1, 0.15) is 26.2 Å². The highest BCUT2D eigenvalue weighted by molar-refractivity contribution is 7.89. The number of hydrogen-bond acceptors (Lipinski definition) is 5. The van der Waals surface area contributed by atoms with E-state index in [2.05, 4.69) is 14.9 Å². The van der Waals surface area contributed by atoms with Crippen molar-refractivity contribution in [2.24, 2.45) is 5.92 Å². The summed E-state index contributed by atoms with van der Waals surface area (Å²) < 4.78 is 32.5. The first-order valence-corrected chi connectivity index (χ1v) is 12.7. The van der Waals surface area contributed by atoms with Crippen LogP contribution in [0.15, 0.2) is 53.4 Å². The molecule has 0 aliphatic carbocycles. The van der Waals surface area contributed by atoms with Gasteiger partial charge in [0.25, 0.3) is 0 Å². The van der Waals surface area contributed by atoms with E-state index in [1.54, 1.807) is 12.1 Å². The van der Waals surface area contributed by atoms with E-state index in [4.69, 9.17) is 16.3 Å². The summed E-state index contributed by atoms with van der Waals surface area (Å²) in [6, 6.07) is 14.0. The van der Waals surface area contributed by atoms with Crippen molar-refractivity contribution in [1.29, 1.82) is 0 Å². The Balaban J connectivity index is 1.48. The second kappa shape index (κ2) is 11.7. The molecule has 1 amide bonds. The van der Waals surface area contributed by atoms with Gasteiger partial charge in [0.2, 0.25) is 15.9 Å². The van der Waals surface area contributed by atoms with Crippen LogP contribution in [0.25, 0.3) is 0 Å². The summed E-state index contributed by atoms with van der Waals surface area (Å²) in [6.07, 6.45) is 2.10. The second-order valence-corrected chi connectivity index (χ2v) is 9.91. The molecule has 0 radical (unpaired) electrons. The average Bonchev–Trinajstić information content (AvgIpc) is 2.79. The molecule has 1 fully saturated rings. The largest absolute Gasteiger partial charge is 0.382 e. The number of nitrogens with zero attached hydrogens (tertiary/aromatic N) is 1. The fourth-order valence-electron chi connectivity index (χ4n) is 3.64. The minimum atomic E-state index is -3.58. The first-order chi connectivity index (χ1) is 15.4. The number of anilines is 2. The zero-order chi connectivity index (χ0) is 23.0. The maximum absolute atomic E-state index is 12.7. The number of benzene rings is 2. The third-order valence-electron chi connectivity index (χ3n) is 5.43. The SMILES string of the molecule is CCOCCCNS(=O)(=O)c1ccc(NC(=O)C2CCN(c3cccc(Cl)c3)CC2)cc1. The zero-order valence-electron chi connectivity index (χ0n) is 18.2. The standard InChI is InChI=1S/C23H30ClN3O4S/c1-2-31-16-4-13-25-32(29,30)22-9-7-20(8-10-22)26-23(28)18-11-14-27(15-12-18)21-6-3-5-19(24)17-21/h3,5-10,17-18,25H,2,4,11-16H2,1H3,(H,26,28). The van der Waals surface area contributed by atoms with Gasteiger partial charge in [0.15, 0.2) is 0 Å². The van der Waals surface area contributed by atoms with E-state index in [1.807, 2.05) is 31.2 Å². The molecule has 0 atom stereocenters. The summed E-state index contributed by atoms with van der Waals surface area (Å²) in [7, 11) is -3.58. The number of nitrogens with one attached hydrogen (secondary N) is 2. The van der Waals surface area contributed by atoms with Crippen LogP contribution in [0.2, 0.25) is 5.02 Å². The quantitative estimate of drug-likeness (QED) is 0.504. The maximum atomic E-state index is 12.7. The van der Waals surface area contributed by atoms with Crippen molar-refractivity contribution in [1.82, 2.24) is 4.72 Å². The van der Waals surface area contributed by atoms with E-state index in [-0.39, 0.29) is 16.7 Å². The molecule has 2 N–H and O–H groups in total. The first kappa shape index (κ1) is 24.5. The Morgan fingerprint density at radius 1 is 1.16 bits per heavy atom. The highest BCUT2D eigenvalue weighted by Gasteiger charge is 2.25. The molecular weight excluding hydrogens is 450 g/mol. The second-order valence-electron chi connectivity index (χ2n) is 7.70. The van der Waals surface area contributed by atoms with Crippen molar-refractivity contribution >= 4 is 38.9 Å². The van der Waals surface area contributed by atoms with E-state index < -0.39 is 10.0 Å². The lowest BCUT2D eigenvalue weighted by Crippen LogP contribution is -2.38. The van der Waals surface area contributed by atoms with E-state index in [9.17, 15) is 13.2 Å². The third-order valence-corrected chi connectivity index (χ3v) is 7.14. The van der Waals surface area contributed by atoms with Crippen LogP contribution in [-0.4, -0.2) is 47.2 Å². The summed E-state index contributed by atoms with van der Waals surface area (Å²) >= 11 is 6.08. The lowest BCUT2D eigenvalue weighted by molar-refractivity contribution is -0.120. The summed E-state index contributed by atoms with van der Waals surface area (Å²) in [5.74, 6) is -0.124. The molecule has 9 heteroatoms. The van der Waals surface area contributed by atoms with E-state index >= 15 is 0 Å². The highest BCUT2D eigenvalue weighted by atomic mass is 35.5. The van der Waals surface area contributed by atoms with Crippen molar-refractivity contribution < 1.29 is 17.9 Å². The van der Waals surface area contributed by atoms with Crippen molar-refractivity contribution in [3.05, 3.63) is 53.6 Å². The topological polar surface area (TPSA) is 87.7 Å². The van der Waals surface area contributed by atoms with Crippen molar-refractivity contribution in [2.45, 2.75) is 31.1 Å². The average molecular weight is 480 g/mol. The predicted molar refractivity (Wildman–Crippen MR) is 128 cm³/mol. The molecule has 0 aromatic heterocycles. The monoisotopic (exact) mass is 479 g/mol. The molecule has 0 spiro atoms. The molecule has 3 rings (SSSR count). The molecule has 32 heavy (non-hydrogen) atoms. The van der Waals surface area contributed by atoms with Crippen LogP contribution in [0.3, 0.4) is 0 Å². The fourth-order valence-corrected chi connectivity index (χ4v) is 4.90. The highest BCUT2D eigenvalue weighted by Crippen LogP contribution is 2.26. The Hall–Kier alpha value is -2.13. The minimum absolute atomic E-state index is 0.0413. The van der Waals surface area contributed by atoms with Gasteiger partial charge in [-0.25, -0.2) is 13.1 Å². The molecule has 0 unspecified atom stereocenters. The summed E-state index contributed by atoms with van der Waals surface area (Å²) in [6.45, 7) is 4.90. The number of hydrogen-bond donors (Lipinski definition) is 2. The fraction of sp³-hybridized carbons (Fsp3) is 0.435. The Morgan fingerprint density at radius 2 is 1.88 bits per heavy atom. The number of carbonyl (C=O) groups excluding carboxylic acids is 1. The predicted octanol–water partition coefficient (Wildman–Crippen LogP) is 3.90. The molecule has 1 saturated heterocycles. The van der Waals surface area contributed by atoms with Gasteiger partial charge >= 0.3 is 0 Å². The van der Waals surface area contributed by atoms with Crippen LogP contribution in [-0.2, 0) is 19.6 Å². The third kappa shape index (κ3) is 6.93. The van der Waals surface area contributed by atoms with Crippen molar-refractivity contribution in [3.63, 3.8) is 0 Å². The minimum Gasteiger partial charge on any atom is -0.382 e. The van der Waals surface area contributed by atoms with Gasteiger partial charge in [0.05, 0.1) is 4.90 Å².